The Labute approximate surface area is 81.7 Å². The van der Waals surface area contributed by atoms with Gasteiger partial charge in [0, 0.05) is 0 Å². The lowest BCUT2D eigenvalue weighted by Gasteiger charge is -2.13. The van der Waals surface area contributed by atoms with Crippen molar-refractivity contribution in [1.82, 2.24) is 0 Å². The molecule has 1 saturated carbocycles. The van der Waals surface area contributed by atoms with E-state index in [0.717, 1.165) is 11.8 Å². The number of hydrogen-bond acceptors (Lipinski definition) is 0. The summed E-state index contributed by atoms with van der Waals surface area (Å²) >= 11 is 0. The summed E-state index contributed by atoms with van der Waals surface area (Å²) in [6.07, 6.45) is 14.3. The molecule has 2 bridgehead atoms. The first-order valence-electron chi connectivity index (χ1n) is 5.68. The number of allylic oxidation sites excluding steroid dienone is 3. The van der Waals surface area contributed by atoms with Crippen LogP contribution in [0.2, 0.25) is 0 Å². The van der Waals surface area contributed by atoms with Crippen molar-refractivity contribution in [2.75, 3.05) is 0 Å². The minimum atomic E-state index is 0.899. The predicted molar refractivity (Wildman–Crippen MR) is 57.6 cm³/mol. The highest BCUT2D eigenvalue weighted by Crippen LogP contribution is 2.36. The van der Waals surface area contributed by atoms with Gasteiger partial charge in [-0.1, -0.05) is 24.3 Å². The maximum absolute atomic E-state index is 4.18. The molecule has 0 aromatic heterocycles. The summed E-state index contributed by atoms with van der Waals surface area (Å²) in [6, 6.07) is 0. The van der Waals surface area contributed by atoms with Gasteiger partial charge in [0.1, 0.15) is 0 Å². The standard InChI is InChI=1S/C13H20/c1-11-5-3-2-4-6-12-7-8-13(9-11)10-12/h4,6,12-13H,1-3,5,7-10H2/b6-4+. The molecule has 0 aromatic rings. The van der Waals surface area contributed by atoms with E-state index in [0.29, 0.717) is 0 Å². The van der Waals surface area contributed by atoms with E-state index < -0.39 is 0 Å². The van der Waals surface area contributed by atoms with Gasteiger partial charge in [0.05, 0.1) is 0 Å². The normalized spacial score (nSPS) is 37.4. The molecule has 0 radical (unpaired) electrons. The molecule has 0 amide bonds. The largest absolute Gasteiger partial charge is 0.0999 e. The van der Waals surface area contributed by atoms with Gasteiger partial charge in [0.25, 0.3) is 0 Å². The van der Waals surface area contributed by atoms with Crippen LogP contribution in [-0.4, -0.2) is 0 Å². The second-order valence-corrected chi connectivity index (χ2v) is 4.71. The van der Waals surface area contributed by atoms with Crippen molar-refractivity contribution in [2.24, 2.45) is 11.8 Å². The van der Waals surface area contributed by atoms with Crippen molar-refractivity contribution < 1.29 is 0 Å². The summed E-state index contributed by atoms with van der Waals surface area (Å²) in [7, 11) is 0. The van der Waals surface area contributed by atoms with Gasteiger partial charge in [-0.05, 0) is 56.8 Å². The van der Waals surface area contributed by atoms with E-state index in [1.54, 1.807) is 0 Å². The van der Waals surface area contributed by atoms with Crippen LogP contribution in [0, 0.1) is 11.8 Å². The number of hydrogen-bond donors (Lipinski definition) is 0. The van der Waals surface area contributed by atoms with E-state index >= 15 is 0 Å². The molecule has 0 spiro atoms. The molecule has 72 valence electrons. The molecule has 2 rings (SSSR count). The zero-order valence-electron chi connectivity index (χ0n) is 8.47. The zero-order valence-corrected chi connectivity index (χ0v) is 8.47. The topological polar surface area (TPSA) is 0 Å². The summed E-state index contributed by atoms with van der Waals surface area (Å²) in [5.41, 5.74) is 1.50. The van der Waals surface area contributed by atoms with Crippen molar-refractivity contribution in [3.8, 4) is 0 Å². The molecule has 2 unspecified atom stereocenters. The SMILES string of the molecule is C=C1CCC/C=C/C2CCC(C1)C2. The van der Waals surface area contributed by atoms with Crippen LogP contribution >= 0.6 is 0 Å². The molecule has 0 N–H and O–H groups in total. The highest BCUT2D eigenvalue weighted by Gasteiger charge is 2.23. The van der Waals surface area contributed by atoms with Crippen LogP contribution in [0.25, 0.3) is 0 Å². The second kappa shape index (κ2) is 4.13. The smallest absolute Gasteiger partial charge is 0.0231 e. The van der Waals surface area contributed by atoms with E-state index in [4.69, 9.17) is 0 Å². The van der Waals surface area contributed by atoms with E-state index in [1.807, 2.05) is 0 Å². The Hall–Kier alpha value is -0.520. The molecule has 0 heterocycles. The van der Waals surface area contributed by atoms with Crippen LogP contribution in [0.4, 0.5) is 0 Å². The van der Waals surface area contributed by atoms with Gasteiger partial charge < -0.3 is 0 Å². The lowest BCUT2D eigenvalue weighted by atomic mass is 9.93. The van der Waals surface area contributed by atoms with Crippen LogP contribution in [0.15, 0.2) is 24.3 Å². The van der Waals surface area contributed by atoms with Crippen molar-refractivity contribution in [3.63, 3.8) is 0 Å². The Kier molecular flexibility index (Phi) is 2.87. The van der Waals surface area contributed by atoms with Gasteiger partial charge in [0.15, 0.2) is 0 Å². The van der Waals surface area contributed by atoms with E-state index in [1.165, 1.54) is 50.5 Å². The molecule has 0 aliphatic heterocycles. The Morgan fingerprint density at radius 1 is 1.31 bits per heavy atom. The van der Waals surface area contributed by atoms with Crippen LogP contribution in [0.1, 0.15) is 44.9 Å². The number of fused-ring (bicyclic) bond motifs is 2. The molecule has 13 heavy (non-hydrogen) atoms. The quantitative estimate of drug-likeness (QED) is 0.488. The average molecular weight is 176 g/mol. The summed E-state index contributed by atoms with van der Waals surface area (Å²) in [5.74, 6) is 1.86. The number of rotatable bonds is 0. The van der Waals surface area contributed by atoms with Crippen LogP contribution in [0.5, 0.6) is 0 Å². The lowest BCUT2D eigenvalue weighted by Crippen LogP contribution is -1.98. The fourth-order valence-electron chi connectivity index (χ4n) is 2.74. The van der Waals surface area contributed by atoms with Crippen LogP contribution in [0.3, 0.4) is 0 Å². The Bertz CT molecular complexity index is 212. The predicted octanol–water partition coefficient (Wildman–Crippen LogP) is 4.09. The molecule has 2 atom stereocenters. The minimum Gasteiger partial charge on any atom is -0.0999 e. The van der Waals surface area contributed by atoms with Crippen molar-refractivity contribution >= 4 is 0 Å². The third-order valence-corrected chi connectivity index (χ3v) is 3.47. The third-order valence-electron chi connectivity index (χ3n) is 3.47. The molecule has 0 heteroatoms. The van der Waals surface area contributed by atoms with Gasteiger partial charge in [-0.15, -0.1) is 0 Å². The molecule has 0 aromatic carbocycles. The molecule has 0 saturated heterocycles. The Morgan fingerprint density at radius 3 is 3.15 bits per heavy atom. The molecular weight excluding hydrogens is 156 g/mol. The summed E-state index contributed by atoms with van der Waals surface area (Å²) in [4.78, 5) is 0. The Balaban J connectivity index is 2.00. The third kappa shape index (κ3) is 2.46. The first kappa shape index (κ1) is 9.05. The highest BCUT2D eigenvalue weighted by molar-refractivity contribution is 5.02. The van der Waals surface area contributed by atoms with E-state index in [9.17, 15) is 0 Å². The molecule has 0 nitrogen and oxygen atoms in total. The minimum absolute atomic E-state index is 0.899. The average Bonchev–Trinajstić information content (AvgIpc) is 2.51. The van der Waals surface area contributed by atoms with Gasteiger partial charge >= 0.3 is 0 Å². The molecule has 1 fully saturated rings. The van der Waals surface area contributed by atoms with Crippen LogP contribution in [-0.2, 0) is 0 Å². The van der Waals surface area contributed by atoms with Gasteiger partial charge in [-0.3, -0.25) is 0 Å². The maximum Gasteiger partial charge on any atom is -0.0231 e. The lowest BCUT2D eigenvalue weighted by molar-refractivity contribution is 0.514. The van der Waals surface area contributed by atoms with Crippen molar-refractivity contribution in [2.45, 2.75) is 44.9 Å². The van der Waals surface area contributed by atoms with E-state index in [-0.39, 0.29) is 0 Å². The molecule has 2 aliphatic carbocycles. The first-order valence-corrected chi connectivity index (χ1v) is 5.68. The summed E-state index contributed by atoms with van der Waals surface area (Å²) in [6.45, 7) is 4.18. The zero-order chi connectivity index (χ0) is 9.10. The maximum atomic E-state index is 4.18. The van der Waals surface area contributed by atoms with Gasteiger partial charge in [0.2, 0.25) is 0 Å². The fraction of sp³-hybridized carbons (Fsp3) is 0.692. The van der Waals surface area contributed by atoms with Crippen LogP contribution < -0.4 is 0 Å². The highest BCUT2D eigenvalue weighted by atomic mass is 14.3. The van der Waals surface area contributed by atoms with Gasteiger partial charge in [-0.25, -0.2) is 0 Å². The van der Waals surface area contributed by atoms with Crippen molar-refractivity contribution in [3.05, 3.63) is 24.3 Å². The molecule has 2 aliphatic rings. The molecular formula is C13H20. The first-order chi connectivity index (χ1) is 6.34. The fourth-order valence-corrected chi connectivity index (χ4v) is 2.74. The van der Waals surface area contributed by atoms with Gasteiger partial charge in [-0.2, -0.15) is 0 Å². The summed E-state index contributed by atoms with van der Waals surface area (Å²) in [5, 5.41) is 0. The Morgan fingerprint density at radius 2 is 2.23 bits per heavy atom. The van der Waals surface area contributed by atoms with E-state index in [2.05, 4.69) is 18.7 Å². The monoisotopic (exact) mass is 176 g/mol. The second-order valence-electron chi connectivity index (χ2n) is 4.71. The van der Waals surface area contributed by atoms with Crippen molar-refractivity contribution in [1.29, 1.82) is 0 Å². The summed E-state index contributed by atoms with van der Waals surface area (Å²) < 4.78 is 0.